The molecule has 2 aliphatic rings. The SMILES string of the molecule is COc1ccccc1CNc1nc(N2CCCCC2)nc(N2CCCCC2)n1.Cl.N.N.N.N.[HH].[HH].[HH].[HH]. The highest BCUT2D eigenvalue weighted by atomic mass is 35.5. The van der Waals surface area contributed by atoms with Crippen LogP contribution in [0.3, 0.4) is 0 Å². The van der Waals surface area contributed by atoms with Gasteiger partial charge in [-0.2, -0.15) is 15.0 Å². The highest BCUT2D eigenvalue weighted by Crippen LogP contribution is 2.23. The first-order valence-electron chi connectivity index (χ1n) is 10.5. The maximum atomic E-state index is 5.46. The molecule has 198 valence electrons. The van der Waals surface area contributed by atoms with Crippen molar-refractivity contribution < 1.29 is 10.4 Å². The average Bonchev–Trinajstić information content (AvgIpc) is 2.79. The van der Waals surface area contributed by atoms with Gasteiger partial charge in [0.15, 0.2) is 0 Å². The lowest BCUT2D eigenvalue weighted by atomic mass is 10.1. The fourth-order valence-electron chi connectivity index (χ4n) is 3.93. The van der Waals surface area contributed by atoms with E-state index in [1.165, 1.54) is 38.5 Å². The number of para-hydroxylation sites is 1. The molecule has 33 heavy (non-hydrogen) atoms. The number of hydrogen-bond donors (Lipinski definition) is 5. The Morgan fingerprint density at radius 1 is 0.788 bits per heavy atom. The van der Waals surface area contributed by atoms with Gasteiger partial charge in [0.1, 0.15) is 5.75 Å². The Labute approximate surface area is 209 Å². The number of ether oxygens (including phenoxy) is 1. The molecule has 1 aromatic heterocycles. The standard InChI is InChI=1S/C21H30N6O.ClH.4H3N.4H2/c1-28-18-11-5-4-10-17(18)16-22-19-23-20(26-12-6-2-7-13-26)25-21(24-19)27-14-8-3-9-15-27;;;;;;;;;/h4-5,10-11H,2-3,6-9,12-16H2,1H3,(H,22,23,24,25);1H;4*1H3;4*1H. The number of nitrogens with zero attached hydrogens (tertiary/aromatic N) is 5. The van der Waals surface area contributed by atoms with Crippen molar-refractivity contribution in [2.75, 3.05) is 48.4 Å². The lowest BCUT2D eigenvalue weighted by Gasteiger charge is -2.30. The molecule has 0 amide bonds. The first-order valence-corrected chi connectivity index (χ1v) is 10.5. The number of hydrogen-bond acceptors (Lipinski definition) is 11. The highest BCUT2D eigenvalue weighted by molar-refractivity contribution is 5.85. The van der Waals surface area contributed by atoms with E-state index in [2.05, 4.69) is 21.2 Å². The van der Waals surface area contributed by atoms with Gasteiger partial charge in [0.05, 0.1) is 7.11 Å². The summed E-state index contributed by atoms with van der Waals surface area (Å²) in [4.78, 5) is 18.9. The van der Waals surface area contributed by atoms with Crippen LogP contribution in [0.25, 0.3) is 0 Å². The predicted molar refractivity (Wildman–Crippen MR) is 148 cm³/mol. The number of piperidine rings is 2. The van der Waals surface area contributed by atoms with E-state index in [0.29, 0.717) is 12.5 Å². The van der Waals surface area contributed by atoms with Crippen molar-refractivity contribution in [2.45, 2.75) is 45.1 Å². The average molecular weight is 495 g/mol. The number of benzene rings is 1. The lowest BCUT2D eigenvalue weighted by molar-refractivity contribution is 0.410. The zero-order chi connectivity index (χ0) is 19.2. The van der Waals surface area contributed by atoms with Gasteiger partial charge in [-0.1, -0.05) is 18.2 Å². The van der Waals surface area contributed by atoms with E-state index in [1.54, 1.807) is 7.11 Å². The Hall–Kier alpha value is -2.44. The zero-order valence-electron chi connectivity index (χ0n) is 20.0. The van der Waals surface area contributed by atoms with Gasteiger partial charge < -0.3 is 44.5 Å². The van der Waals surface area contributed by atoms with E-state index >= 15 is 0 Å². The fraction of sp³-hybridized carbons (Fsp3) is 0.571. The molecule has 11 nitrogen and oxygen atoms in total. The van der Waals surface area contributed by atoms with Crippen molar-refractivity contribution in [1.82, 2.24) is 39.6 Å². The third-order valence-electron chi connectivity index (χ3n) is 5.52. The minimum absolute atomic E-state index is 0. The van der Waals surface area contributed by atoms with Crippen LogP contribution in [0.15, 0.2) is 24.3 Å². The summed E-state index contributed by atoms with van der Waals surface area (Å²) in [7, 11) is 1.70. The number of rotatable bonds is 6. The molecule has 0 bridgehead atoms. The van der Waals surface area contributed by atoms with Gasteiger partial charge in [0.25, 0.3) is 0 Å². The van der Waals surface area contributed by atoms with Gasteiger partial charge in [-0.15, -0.1) is 12.4 Å². The Bertz CT molecular complexity index is 767. The van der Waals surface area contributed by atoms with E-state index in [0.717, 1.165) is 49.4 Å². The molecule has 2 aromatic rings. The van der Waals surface area contributed by atoms with Gasteiger partial charge in [0.2, 0.25) is 17.8 Å². The zero-order valence-corrected chi connectivity index (χ0v) is 20.8. The molecule has 0 aliphatic carbocycles. The van der Waals surface area contributed by atoms with Crippen molar-refractivity contribution in [3.8, 4) is 5.75 Å². The van der Waals surface area contributed by atoms with E-state index in [4.69, 9.17) is 19.7 Å². The first-order chi connectivity index (χ1) is 13.8. The molecule has 2 aliphatic heterocycles. The minimum atomic E-state index is 0. The second-order valence-electron chi connectivity index (χ2n) is 7.52. The molecule has 0 radical (unpaired) electrons. The Morgan fingerprint density at radius 2 is 1.27 bits per heavy atom. The van der Waals surface area contributed by atoms with Crippen molar-refractivity contribution in [3.63, 3.8) is 0 Å². The molecule has 0 spiro atoms. The molecule has 0 atom stereocenters. The largest absolute Gasteiger partial charge is 0.496 e. The van der Waals surface area contributed by atoms with Gasteiger partial charge in [-0.25, -0.2) is 0 Å². The Morgan fingerprint density at radius 3 is 1.76 bits per heavy atom. The van der Waals surface area contributed by atoms with Crippen LogP contribution in [0.5, 0.6) is 5.75 Å². The van der Waals surface area contributed by atoms with Crippen LogP contribution in [0.4, 0.5) is 17.8 Å². The summed E-state index contributed by atoms with van der Waals surface area (Å²) in [5.41, 5.74) is 1.09. The van der Waals surface area contributed by atoms with E-state index in [9.17, 15) is 0 Å². The van der Waals surface area contributed by atoms with E-state index in [-0.39, 0.29) is 42.7 Å². The van der Waals surface area contributed by atoms with Gasteiger partial charge in [0, 0.05) is 44.0 Å². The molecule has 13 N–H and O–H groups in total. The lowest BCUT2D eigenvalue weighted by Crippen LogP contribution is -2.34. The molecule has 0 unspecified atom stereocenters. The smallest absolute Gasteiger partial charge is 0.231 e. The van der Waals surface area contributed by atoms with Crippen LogP contribution in [-0.2, 0) is 6.54 Å². The molecular formula is C21H51ClN10O. The summed E-state index contributed by atoms with van der Waals surface area (Å²) < 4.78 is 5.46. The summed E-state index contributed by atoms with van der Waals surface area (Å²) in [6, 6.07) is 8.03. The van der Waals surface area contributed by atoms with Crippen LogP contribution in [0, 0.1) is 0 Å². The van der Waals surface area contributed by atoms with Crippen LogP contribution in [0.2, 0.25) is 0 Å². The number of methoxy groups -OCH3 is 1. The number of aromatic nitrogens is 3. The van der Waals surface area contributed by atoms with Gasteiger partial charge >= 0.3 is 0 Å². The first kappa shape index (κ1) is 32.7. The van der Waals surface area contributed by atoms with E-state index < -0.39 is 0 Å². The fourth-order valence-corrected chi connectivity index (χ4v) is 3.93. The molecule has 12 heteroatoms. The number of halogens is 1. The Balaban J connectivity index is -0.000000267. The molecule has 1 aromatic carbocycles. The Kier molecular flexibility index (Phi) is 16.1. The second kappa shape index (κ2) is 16.2. The predicted octanol–water partition coefficient (Wildman–Crippen LogP) is 5.53. The topological polar surface area (TPSA) is 206 Å². The number of nitrogens with one attached hydrogen (secondary N) is 1. The summed E-state index contributed by atoms with van der Waals surface area (Å²) in [6.45, 7) is 4.71. The monoisotopic (exact) mass is 494 g/mol. The third kappa shape index (κ3) is 8.45. The highest BCUT2D eigenvalue weighted by Gasteiger charge is 2.20. The minimum Gasteiger partial charge on any atom is -0.496 e. The van der Waals surface area contributed by atoms with Crippen LogP contribution in [-0.4, -0.2) is 48.2 Å². The molecule has 4 rings (SSSR count). The van der Waals surface area contributed by atoms with Crippen LogP contribution >= 0.6 is 12.4 Å². The summed E-state index contributed by atoms with van der Waals surface area (Å²) in [5, 5.41) is 3.40. The molecule has 3 heterocycles. The normalized spacial score (nSPS) is 14.8. The molecule has 0 saturated carbocycles. The molecular weight excluding hydrogens is 444 g/mol. The summed E-state index contributed by atoms with van der Waals surface area (Å²) in [5.74, 6) is 3.12. The summed E-state index contributed by atoms with van der Waals surface area (Å²) >= 11 is 0. The second-order valence-corrected chi connectivity index (χ2v) is 7.52. The number of anilines is 3. The summed E-state index contributed by atoms with van der Waals surface area (Å²) in [6.07, 6.45) is 7.39. The van der Waals surface area contributed by atoms with E-state index in [1.807, 2.05) is 18.2 Å². The van der Waals surface area contributed by atoms with Crippen LogP contribution < -0.4 is 44.5 Å². The van der Waals surface area contributed by atoms with Gasteiger partial charge in [-0.05, 0) is 44.6 Å². The maximum absolute atomic E-state index is 5.46. The third-order valence-corrected chi connectivity index (χ3v) is 5.52. The van der Waals surface area contributed by atoms with Crippen molar-refractivity contribution in [2.24, 2.45) is 0 Å². The molecule has 2 saturated heterocycles. The molecule has 2 fully saturated rings. The van der Waals surface area contributed by atoms with Crippen LogP contribution in [0.1, 0.15) is 49.8 Å². The van der Waals surface area contributed by atoms with Crippen molar-refractivity contribution >= 4 is 30.3 Å². The van der Waals surface area contributed by atoms with Gasteiger partial charge in [-0.3, -0.25) is 0 Å². The van der Waals surface area contributed by atoms with Crippen molar-refractivity contribution in [1.29, 1.82) is 0 Å². The maximum Gasteiger partial charge on any atom is 0.231 e. The van der Waals surface area contributed by atoms with Crippen molar-refractivity contribution in [3.05, 3.63) is 29.8 Å². The quantitative estimate of drug-likeness (QED) is 0.337.